The van der Waals surface area contributed by atoms with E-state index in [9.17, 15) is 35.9 Å². The zero-order valence-electron chi connectivity index (χ0n) is 21.2. The van der Waals surface area contributed by atoms with Crippen molar-refractivity contribution in [1.82, 2.24) is 9.97 Å². The third-order valence-corrected chi connectivity index (χ3v) is 5.44. The van der Waals surface area contributed by atoms with Crippen LogP contribution in [0.15, 0.2) is 54.9 Å². The SMILES string of the molecule is CC(C)c1cc(N2C(=O)CN(c3cccc(C(F)(F)F)c3)C2=O)ccc1Oc1cc(N)ncn1.O=C(O)C(F)(F)F. The van der Waals surface area contributed by atoms with Gasteiger partial charge >= 0.3 is 24.4 Å². The second kappa shape index (κ2) is 11.7. The highest BCUT2D eigenvalue weighted by molar-refractivity contribution is 6.27. The summed E-state index contributed by atoms with van der Waals surface area (Å²) in [5, 5.41) is 7.12. The summed E-state index contributed by atoms with van der Waals surface area (Å²) < 4.78 is 76.9. The number of halogens is 6. The van der Waals surface area contributed by atoms with Gasteiger partial charge in [0.1, 0.15) is 24.4 Å². The molecule has 0 atom stereocenters. The molecule has 3 N–H and O–H groups in total. The van der Waals surface area contributed by atoms with E-state index in [0.717, 1.165) is 21.9 Å². The van der Waals surface area contributed by atoms with E-state index in [2.05, 4.69) is 9.97 Å². The zero-order valence-corrected chi connectivity index (χ0v) is 21.2. The van der Waals surface area contributed by atoms with Crippen LogP contribution in [0.25, 0.3) is 0 Å². The summed E-state index contributed by atoms with van der Waals surface area (Å²) in [5.74, 6) is -2.46. The number of carbonyl (C=O) groups is 3. The Kier molecular flexibility index (Phi) is 8.74. The van der Waals surface area contributed by atoms with Gasteiger partial charge in [0.05, 0.1) is 11.3 Å². The van der Waals surface area contributed by atoms with Crippen LogP contribution in [0.5, 0.6) is 11.6 Å². The van der Waals surface area contributed by atoms with E-state index >= 15 is 0 Å². The molecule has 4 rings (SSSR count). The molecule has 0 bridgehead atoms. The molecule has 41 heavy (non-hydrogen) atoms. The fourth-order valence-corrected chi connectivity index (χ4v) is 3.55. The van der Waals surface area contributed by atoms with Crippen LogP contribution in [0.2, 0.25) is 0 Å². The van der Waals surface area contributed by atoms with E-state index in [1.54, 1.807) is 12.1 Å². The Labute approximate surface area is 228 Å². The molecular weight excluding hydrogens is 564 g/mol. The first-order chi connectivity index (χ1) is 19.0. The number of carbonyl (C=O) groups excluding carboxylic acids is 2. The van der Waals surface area contributed by atoms with Crippen LogP contribution in [0.4, 0.5) is 48.3 Å². The number of nitrogen functional groups attached to an aromatic ring is 1. The van der Waals surface area contributed by atoms with Crippen molar-refractivity contribution in [3.8, 4) is 11.6 Å². The summed E-state index contributed by atoms with van der Waals surface area (Å²) in [5.41, 5.74) is 5.71. The minimum atomic E-state index is -5.08. The molecule has 3 aromatic rings. The smallest absolute Gasteiger partial charge is 0.475 e. The molecule has 0 aliphatic carbocycles. The van der Waals surface area contributed by atoms with E-state index in [4.69, 9.17) is 20.4 Å². The minimum Gasteiger partial charge on any atom is -0.475 e. The molecule has 1 aliphatic rings. The predicted octanol–water partition coefficient (Wildman–Crippen LogP) is 5.60. The standard InChI is InChI=1S/C23H20F3N5O3.C2HF3O2/c1-13(2)17-9-16(6-7-18(17)34-20-10-19(27)28-12-29-20)31-21(32)11-30(22(31)33)15-5-3-4-14(8-15)23(24,25)26;3-2(4,5)1(6)7/h3-10,12-13H,11H2,1-2H3,(H2,27,28,29);(H,6,7). The molecule has 3 amide bonds. The molecule has 218 valence electrons. The molecule has 0 radical (unpaired) electrons. The summed E-state index contributed by atoms with van der Waals surface area (Å²) in [6, 6.07) is 9.77. The molecule has 1 aliphatic heterocycles. The lowest BCUT2D eigenvalue weighted by atomic mass is 10.0. The fraction of sp³-hybridized carbons (Fsp3) is 0.240. The Hall–Kier alpha value is -4.89. The van der Waals surface area contributed by atoms with Crippen molar-refractivity contribution in [2.75, 3.05) is 22.1 Å². The lowest BCUT2D eigenvalue weighted by Crippen LogP contribution is -2.33. The van der Waals surface area contributed by atoms with Crippen LogP contribution < -0.4 is 20.3 Å². The Balaban J connectivity index is 0.000000587. The van der Waals surface area contributed by atoms with Crippen molar-refractivity contribution in [3.63, 3.8) is 0 Å². The Morgan fingerprint density at radius 1 is 1.00 bits per heavy atom. The number of carboxylic acids is 1. The molecule has 1 saturated heterocycles. The summed E-state index contributed by atoms with van der Waals surface area (Å²) in [7, 11) is 0. The highest BCUT2D eigenvalue weighted by Crippen LogP contribution is 2.36. The summed E-state index contributed by atoms with van der Waals surface area (Å²) in [4.78, 5) is 44.5. The number of imide groups is 1. The van der Waals surface area contributed by atoms with Crippen LogP contribution >= 0.6 is 0 Å². The van der Waals surface area contributed by atoms with Gasteiger partial charge in [-0.2, -0.15) is 26.3 Å². The number of carboxylic acid groups (broad SMARTS) is 1. The fourth-order valence-electron chi connectivity index (χ4n) is 3.55. The zero-order chi connectivity index (χ0) is 30.7. The van der Waals surface area contributed by atoms with Crippen LogP contribution in [-0.4, -0.2) is 45.7 Å². The molecular formula is C25H21F6N5O5. The topological polar surface area (TPSA) is 139 Å². The summed E-state index contributed by atoms with van der Waals surface area (Å²) >= 11 is 0. The first-order valence-corrected chi connectivity index (χ1v) is 11.5. The predicted molar refractivity (Wildman–Crippen MR) is 132 cm³/mol. The molecule has 1 fully saturated rings. The van der Waals surface area contributed by atoms with Crippen molar-refractivity contribution in [3.05, 3.63) is 66.0 Å². The van der Waals surface area contributed by atoms with Gasteiger partial charge in [-0.3, -0.25) is 9.69 Å². The van der Waals surface area contributed by atoms with Gasteiger partial charge in [0.15, 0.2) is 0 Å². The molecule has 0 spiro atoms. The van der Waals surface area contributed by atoms with Crippen molar-refractivity contribution in [2.24, 2.45) is 0 Å². The Bertz CT molecular complexity index is 1460. The van der Waals surface area contributed by atoms with Gasteiger partial charge in [-0.25, -0.2) is 24.5 Å². The van der Waals surface area contributed by atoms with Gasteiger partial charge in [0.25, 0.3) is 5.91 Å². The van der Waals surface area contributed by atoms with Gasteiger partial charge in [-0.1, -0.05) is 19.9 Å². The molecule has 2 aromatic carbocycles. The normalized spacial score (nSPS) is 13.8. The molecule has 1 aromatic heterocycles. The number of rotatable bonds is 5. The number of benzene rings is 2. The highest BCUT2D eigenvalue weighted by atomic mass is 19.4. The number of hydrogen-bond acceptors (Lipinski definition) is 7. The molecule has 0 unspecified atom stereocenters. The maximum atomic E-state index is 13.1. The Morgan fingerprint density at radius 3 is 2.22 bits per heavy atom. The van der Waals surface area contributed by atoms with Gasteiger partial charge < -0.3 is 15.6 Å². The number of hydrogen-bond donors (Lipinski definition) is 2. The van der Waals surface area contributed by atoms with Crippen molar-refractivity contribution < 1.29 is 50.6 Å². The Morgan fingerprint density at radius 2 is 1.66 bits per heavy atom. The average Bonchev–Trinajstić information content (AvgIpc) is 3.17. The van der Waals surface area contributed by atoms with Crippen LogP contribution in [-0.2, 0) is 15.8 Å². The second-order valence-corrected chi connectivity index (χ2v) is 8.71. The van der Waals surface area contributed by atoms with E-state index in [1.807, 2.05) is 13.8 Å². The number of ether oxygens (including phenoxy) is 1. The van der Waals surface area contributed by atoms with Crippen molar-refractivity contribution in [1.29, 1.82) is 0 Å². The molecule has 2 heterocycles. The van der Waals surface area contributed by atoms with Gasteiger partial charge in [-0.05, 0) is 47.9 Å². The monoisotopic (exact) mass is 585 g/mol. The van der Waals surface area contributed by atoms with Gasteiger partial charge in [0, 0.05) is 11.8 Å². The molecule has 0 saturated carbocycles. The maximum absolute atomic E-state index is 13.1. The second-order valence-electron chi connectivity index (χ2n) is 8.71. The van der Waals surface area contributed by atoms with Crippen molar-refractivity contribution in [2.45, 2.75) is 32.1 Å². The first kappa shape index (κ1) is 30.6. The number of aliphatic carboxylic acids is 1. The number of aromatic nitrogens is 2. The number of anilines is 3. The van der Waals surface area contributed by atoms with Gasteiger partial charge in [-0.15, -0.1) is 0 Å². The largest absolute Gasteiger partial charge is 0.490 e. The van der Waals surface area contributed by atoms with E-state index < -0.39 is 35.8 Å². The number of nitrogens with two attached hydrogens (primary N) is 1. The first-order valence-electron chi connectivity index (χ1n) is 11.5. The summed E-state index contributed by atoms with van der Waals surface area (Å²) in [6.45, 7) is 3.43. The molecule has 10 nitrogen and oxygen atoms in total. The van der Waals surface area contributed by atoms with Gasteiger partial charge in [0.2, 0.25) is 5.88 Å². The number of alkyl halides is 6. The third kappa shape index (κ3) is 7.40. The highest BCUT2D eigenvalue weighted by Gasteiger charge is 2.40. The van der Waals surface area contributed by atoms with Crippen molar-refractivity contribution >= 4 is 35.1 Å². The number of amides is 3. The van der Waals surface area contributed by atoms with Crippen LogP contribution in [0.1, 0.15) is 30.9 Å². The van der Waals surface area contributed by atoms with E-state index in [-0.39, 0.29) is 35.5 Å². The number of nitrogens with zero attached hydrogens (tertiary/aromatic N) is 4. The van der Waals surface area contributed by atoms with E-state index in [0.29, 0.717) is 11.3 Å². The maximum Gasteiger partial charge on any atom is 0.490 e. The number of urea groups is 1. The van der Waals surface area contributed by atoms with Crippen LogP contribution in [0, 0.1) is 0 Å². The average molecular weight is 585 g/mol. The lowest BCUT2D eigenvalue weighted by molar-refractivity contribution is -0.192. The third-order valence-electron chi connectivity index (χ3n) is 5.44. The minimum absolute atomic E-state index is 0.0129. The van der Waals surface area contributed by atoms with Crippen LogP contribution in [0.3, 0.4) is 0 Å². The quantitative estimate of drug-likeness (QED) is 0.292. The molecule has 16 heteroatoms. The lowest BCUT2D eigenvalue weighted by Gasteiger charge is -2.20. The summed E-state index contributed by atoms with van der Waals surface area (Å²) in [6.07, 6.45) is -8.39. The van der Waals surface area contributed by atoms with E-state index in [1.165, 1.54) is 30.6 Å².